The summed E-state index contributed by atoms with van der Waals surface area (Å²) in [4.78, 5) is 40.8. The second-order valence-corrected chi connectivity index (χ2v) is 7.81. The van der Waals surface area contributed by atoms with Crippen molar-refractivity contribution in [2.45, 2.75) is 6.92 Å². The Balaban J connectivity index is 1.65. The number of aryl methyl sites for hydroxylation is 1. The molecule has 0 fully saturated rings. The monoisotopic (exact) mass is 444 g/mol. The maximum Gasteiger partial charge on any atom is 0.276 e. The summed E-state index contributed by atoms with van der Waals surface area (Å²) < 4.78 is 5.58. The molecule has 4 rings (SSSR count). The van der Waals surface area contributed by atoms with Crippen molar-refractivity contribution in [3.63, 3.8) is 0 Å². The molecular formula is C23H16N4O4S. The van der Waals surface area contributed by atoms with Crippen LogP contribution in [0.1, 0.15) is 11.1 Å². The summed E-state index contributed by atoms with van der Waals surface area (Å²) in [6, 6.07) is 15.4. The number of ether oxygens (including phenoxy) is 1. The van der Waals surface area contributed by atoms with Crippen molar-refractivity contribution in [2.24, 2.45) is 0 Å². The molecule has 9 heteroatoms. The van der Waals surface area contributed by atoms with Crippen molar-refractivity contribution >= 4 is 29.1 Å². The number of nitrogens with one attached hydrogen (secondary N) is 1. The van der Waals surface area contributed by atoms with Gasteiger partial charge in [-0.05, 0) is 30.0 Å². The maximum absolute atomic E-state index is 12.3. The zero-order valence-corrected chi connectivity index (χ0v) is 17.7. The normalized spacial score (nSPS) is 12.7. The molecule has 32 heavy (non-hydrogen) atoms. The Morgan fingerprint density at radius 2 is 1.91 bits per heavy atom. The quantitative estimate of drug-likeness (QED) is 0.585. The van der Waals surface area contributed by atoms with Crippen LogP contribution in [0, 0.1) is 18.3 Å². The molecule has 1 aromatic carbocycles. The summed E-state index contributed by atoms with van der Waals surface area (Å²) >= 11 is 1.48. The average molecular weight is 444 g/mol. The number of benzene rings is 1. The fourth-order valence-corrected chi connectivity index (χ4v) is 3.73. The number of nitrogens with zero attached hydrogens (tertiary/aromatic N) is 3. The third-order valence-electron chi connectivity index (χ3n) is 4.62. The lowest BCUT2D eigenvalue weighted by Crippen LogP contribution is -2.47. The standard InChI is InChI=1S/C23H16N4O4S/c1-14-4-6-15(7-5-14)16-11-18(19-3-2-10-32-19)25-23(17(16)12-24)31-13-20(28)26-27-21(29)8-9-22(27)30/h2-11H,13H2,1H3,(H,26,28). The SMILES string of the molecule is Cc1ccc(-c2cc(-c3cccs3)nc(OCC(=O)NN3C(=O)C=CC3=O)c2C#N)cc1. The number of nitriles is 1. The van der Waals surface area contributed by atoms with Crippen LogP contribution in [0.5, 0.6) is 5.88 Å². The van der Waals surface area contributed by atoms with Crippen LogP contribution in [0.3, 0.4) is 0 Å². The van der Waals surface area contributed by atoms with E-state index >= 15 is 0 Å². The molecule has 0 spiro atoms. The second kappa shape index (κ2) is 8.83. The van der Waals surface area contributed by atoms with Crippen LogP contribution in [0.2, 0.25) is 0 Å². The molecule has 0 aliphatic carbocycles. The van der Waals surface area contributed by atoms with E-state index < -0.39 is 24.3 Å². The van der Waals surface area contributed by atoms with E-state index in [1.807, 2.05) is 54.8 Å². The smallest absolute Gasteiger partial charge is 0.276 e. The van der Waals surface area contributed by atoms with Gasteiger partial charge in [0.15, 0.2) is 6.61 Å². The first-order chi connectivity index (χ1) is 15.5. The third-order valence-corrected chi connectivity index (χ3v) is 5.51. The molecular weight excluding hydrogens is 428 g/mol. The van der Waals surface area contributed by atoms with E-state index in [-0.39, 0.29) is 11.4 Å². The first-order valence-corrected chi connectivity index (χ1v) is 10.4. The van der Waals surface area contributed by atoms with Crippen molar-refractivity contribution in [1.29, 1.82) is 5.26 Å². The predicted octanol–water partition coefficient (Wildman–Crippen LogP) is 2.99. The van der Waals surface area contributed by atoms with Crippen LogP contribution in [0.4, 0.5) is 0 Å². The highest BCUT2D eigenvalue weighted by Crippen LogP contribution is 2.35. The number of hydrogen-bond acceptors (Lipinski definition) is 7. The molecule has 3 amide bonds. The van der Waals surface area contributed by atoms with E-state index in [4.69, 9.17) is 4.74 Å². The second-order valence-electron chi connectivity index (χ2n) is 6.86. The van der Waals surface area contributed by atoms with Crippen LogP contribution < -0.4 is 10.2 Å². The molecule has 0 saturated heterocycles. The van der Waals surface area contributed by atoms with Gasteiger partial charge < -0.3 is 4.74 Å². The van der Waals surface area contributed by atoms with E-state index in [1.165, 1.54) is 11.3 Å². The molecule has 0 saturated carbocycles. The van der Waals surface area contributed by atoms with E-state index in [0.717, 1.165) is 28.2 Å². The van der Waals surface area contributed by atoms with Crippen LogP contribution >= 0.6 is 11.3 Å². The number of thiophene rings is 1. The van der Waals surface area contributed by atoms with E-state index in [9.17, 15) is 19.6 Å². The number of rotatable bonds is 6. The van der Waals surface area contributed by atoms with Crippen molar-refractivity contribution in [2.75, 3.05) is 6.61 Å². The van der Waals surface area contributed by atoms with Gasteiger partial charge in [0.25, 0.3) is 17.7 Å². The highest BCUT2D eigenvalue weighted by molar-refractivity contribution is 7.13. The largest absolute Gasteiger partial charge is 0.467 e. The van der Waals surface area contributed by atoms with Crippen molar-refractivity contribution in [3.05, 3.63) is 71.1 Å². The molecule has 8 nitrogen and oxygen atoms in total. The number of amides is 3. The van der Waals surface area contributed by atoms with Gasteiger partial charge in [0.2, 0.25) is 5.88 Å². The minimum Gasteiger partial charge on any atom is -0.467 e. The zero-order chi connectivity index (χ0) is 22.7. The molecule has 3 heterocycles. The molecule has 1 aliphatic rings. The minimum absolute atomic E-state index is 0.0127. The average Bonchev–Trinajstić information content (AvgIpc) is 3.44. The van der Waals surface area contributed by atoms with Gasteiger partial charge in [-0.2, -0.15) is 10.3 Å². The molecule has 0 radical (unpaired) electrons. The van der Waals surface area contributed by atoms with E-state index in [0.29, 0.717) is 16.3 Å². The minimum atomic E-state index is -0.737. The highest BCUT2D eigenvalue weighted by atomic mass is 32.1. The van der Waals surface area contributed by atoms with Crippen LogP contribution in [0.15, 0.2) is 60.0 Å². The number of carbonyl (C=O) groups excluding carboxylic acids is 3. The molecule has 0 unspecified atom stereocenters. The molecule has 2 aromatic heterocycles. The summed E-state index contributed by atoms with van der Waals surface area (Å²) in [5, 5.41) is 12.3. The van der Waals surface area contributed by atoms with Gasteiger partial charge in [-0.25, -0.2) is 4.98 Å². The van der Waals surface area contributed by atoms with Gasteiger partial charge in [0, 0.05) is 17.7 Å². The van der Waals surface area contributed by atoms with Gasteiger partial charge >= 0.3 is 0 Å². The Kier molecular flexibility index (Phi) is 5.79. The molecule has 1 N–H and O–H groups in total. The fraction of sp³-hybridized carbons (Fsp3) is 0.0870. The predicted molar refractivity (Wildman–Crippen MR) is 117 cm³/mol. The van der Waals surface area contributed by atoms with Crippen LogP contribution in [-0.4, -0.2) is 34.3 Å². The molecule has 3 aromatic rings. The lowest BCUT2D eigenvalue weighted by molar-refractivity contribution is -0.147. The lowest BCUT2D eigenvalue weighted by Gasteiger charge is -2.16. The number of imide groups is 1. The number of pyridine rings is 1. The van der Waals surface area contributed by atoms with Crippen molar-refractivity contribution < 1.29 is 19.1 Å². The van der Waals surface area contributed by atoms with Gasteiger partial charge in [0.1, 0.15) is 11.6 Å². The summed E-state index contributed by atoms with van der Waals surface area (Å²) in [7, 11) is 0. The Morgan fingerprint density at radius 3 is 2.53 bits per heavy atom. The summed E-state index contributed by atoms with van der Waals surface area (Å²) in [5.41, 5.74) is 5.46. The lowest BCUT2D eigenvalue weighted by atomic mass is 9.99. The number of hydrazine groups is 1. The Bertz CT molecular complexity index is 1260. The molecule has 1 aliphatic heterocycles. The number of aromatic nitrogens is 1. The Labute approximate surface area is 187 Å². The van der Waals surface area contributed by atoms with Crippen LogP contribution in [-0.2, 0) is 14.4 Å². The highest BCUT2D eigenvalue weighted by Gasteiger charge is 2.26. The maximum atomic E-state index is 12.3. The first kappa shape index (κ1) is 21.0. The summed E-state index contributed by atoms with van der Waals surface area (Å²) in [5.74, 6) is -2.05. The molecule has 0 bridgehead atoms. The first-order valence-electron chi connectivity index (χ1n) is 9.50. The van der Waals surface area contributed by atoms with Gasteiger partial charge in [-0.15, -0.1) is 11.3 Å². The van der Waals surface area contributed by atoms with Crippen LogP contribution in [0.25, 0.3) is 21.7 Å². The summed E-state index contributed by atoms with van der Waals surface area (Å²) in [6.45, 7) is 1.43. The molecule has 0 atom stereocenters. The summed E-state index contributed by atoms with van der Waals surface area (Å²) in [6.07, 6.45) is 2.11. The zero-order valence-electron chi connectivity index (χ0n) is 16.9. The molecule has 158 valence electrons. The fourth-order valence-electron chi connectivity index (χ4n) is 3.05. The third kappa shape index (κ3) is 4.26. The van der Waals surface area contributed by atoms with Gasteiger partial charge in [0.05, 0.1) is 10.6 Å². The van der Waals surface area contributed by atoms with Gasteiger partial charge in [-0.3, -0.25) is 19.8 Å². The number of carbonyl (C=O) groups is 3. The topological polar surface area (TPSA) is 112 Å². The van der Waals surface area contributed by atoms with E-state index in [1.54, 1.807) is 0 Å². The van der Waals surface area contributed by atoms with E-state index in [2.05, 4.69) is 16.5 Å². The van der Waals surface area contributed by atoms with Gasteiger partial charge in [-0.1, -0.05) is 35.9 Å². The Hall–Kier alpha value is -4.29. The van der Waals surface area contributed by atoms with Crippen molar-refractivity contribution in [1.82, 2.24) is 15.4 Å². The Morgan fingerprint density at radius 1 is 1.19 bits per heavy atom. The van der Waals surface area contributed by atoms with Crippen molar-refractivity contribution in [3.8, 4) is 33.6 Å². The number of hydrogen-bond donors (Lipinski definition) is 1.